The molecule has 0 spiro atoms. The molecule has 0 aliphatic carbocycles. The Hall–Kier alpha value is -2.57. The van der Waals surface area contributed by atoms with Crippen molar-refractivity contribution in [2.45, 2.75) is 32.9 Å². The molecule has 5 nitrogen and oxygen atoms in total. The minimum atomic E-state index is -0.841. The van der Waals surface area contributed by atoms with E-state index in [-0.39, 0.29) is 12.5 Å². The largest absolute Gasteiger partial charge is 0.481 e. The Kier molecular flexibility index (Phi) is 5.75. The summed E-state index contributed by atoms with van der Waals surface area (Å²) in [4.78, 5) is 20.8. The molecule has 1 aromatic carbocycles. The Morgan fingerprint density at radius 2 is 2.08 bits per heavy atom. The number of carboxylic acid groups (broad SMARTS) is 1. The van der Waals surface area contributed by atoms with Crippen molar-refractivity contribution < 1.29 is 9.90 Å². The number of aryl methyl sites for hydroxylation is 2. The number of benzene rings is 1. The molecule has 26 heavy (non-hydrogen) atoms. The third-order valence-electron chi connectivity index (χ3n) is 4.30. The van der Waals surface area contributed by atoms with Gasteiger partial charge in [-0.3, -0.25) is 9.78 Å². The summed E-state index contributed by atoms with van der Waals surface area (Å²) in [6.07, 6.45) is 5.24. The van der Waals surface area contributed by atoms with Crippen molar-refractivity contribution >= 4 is 17.3 Å². The summed E-state index contributed by atoms with van der Waals surface area (Å²) in [5, 5.41) is 13.5. The van der Waals surface area contributed by atoms with Gasteiger partial charge >= 0.3 is 5.97 Å². The molecule has 0 bridgehead atoms. The molecule has 0 unspecified atom stereocenters. The average molecular weight is 367 g/mol. The second kappa shape index (κ2) is 8.21. The van der Waals surface area contributed by atoms with Gasteiger partial charge in [0, 0.05) is 41.6 Å². The first kappa shape index (κ1) is 18.2. The molecule has 2 heterocycles. The van der Waals surface area contributed by atoms with Crippen LogP contribution in [0.2, 0.25) is 0 Å². The van der Waals surface area contributed by atoms with Crippen LogP contribution in [0.15, 0.2) is 48.9 Å². The first-order valence-electron chi connectivity index (χ1n) is 8.40. The van der Waals surface area contributed by atoms with E-state index < -0.39 is 5.97 Å². The third kappa shape index (κ3) is 4.53. The van der Waals surface area contributed by atoms with Crippen molar-refractivity contribution in [3.05, 3.63) is 70.5 Å². The Morgan fingerprint density at radius 3 is 2.77 bits per heavy atom. The summed E-state index contributed by atoms with van der Waals surface area (Å²) in [6, 6.07) is 9.76. The van der Waals surface area contributed by atoms with Crippen LogP contribution in [-0.4, -0.2) is 21.0 Å². The minimum Gasteiger partial charge on any atom is -0.481 e. The summed E-state index contributed by atoms with van der Waals surface area (Å²) in [7, 11) is 0. The van der Waals surface area contributed by atoms with Crippen LogP contribution in [0, 0.1) is 13.8 Å². The maximum atomic E-state index is 11.2. The summed E-state index contributed by atoms with van der Waals surface area (Å²) in [6.45, 7) is 4.76. The lowest BCUT2D eigenvalue weighted by atomic mass is 10.1. The highest BCUT2D eigenvalue weighted by molar-refractivity contribution is 7.15. The molecule has 3 aromatic rings. The van der Waals surface area contributed by atoms with Gasteiger partial charge in [0.05, 0.1) is 6.42 Å². The number of rotatable bonds is 7. The standard InChI is InChI=1S/C20H21N3O2S/c1-13-5-6-15(8-14(13)2)20-23-12-17(26-20)11-22-18(9-19(24)25)16-4-3-7-21-10-16/h3-8,10,12,18,22H,9,11H2,1-2H3,(H,24,25)/t18-/m0/s1. The Balaban J connectivity index is 1.71. The third-order valence-corrected chi connectivity index (χ3v) is 5.34. The van der Waals surface area contributed by atoms with Crippen molar-refractivity contribution in [2.24, 2.45) is 0 Å². The van der Waals surface area contributed by atoms with Crippen LogP contribution >= 0.6 is 11.3 Å². The second-order valence-corrected chi connectivity index (χ2v) is 7.36. The van der Waals surface area contributed by atoms with E-state index in [9.17, 15) is 9.90 Å². The molecule has 3 rings (SSSR count). The monoisotopic (exact) mass is 367 g/mol. The van der Waals surface area contributed by atoms with Crippen LogP contribution in [0.3, 0.4) is 0 Å². The number of thiazole rings is 1. The number of nitrogens with zero attached hydrogens (tertiary/aromatic N) is 2. The molecule has 0 saturated heterocycles. The molecule has 0 aliphatic rings. The van der Waals surface area contributed by atoms with E-state index in [0.29, 0.717) is 6.54 Å². The van der Waals surface area contributed by atoms with Crippen LogP contribution in [0.1, 0.15) is 34.0 Å². The van der Waals surface area contributed by atoms with Crippen molar-refractivity contribution in [3.8, 4) is 10.6 Å². The van der Waals surface area contributed by atoms with Gasteiger partial charge in [-0.2, -0.15) is 0 Å². The molecule has 0 saturated carbocycles. The zero-order valence-corrected chi connectivity index (χ0v) is 15.6. The summed E-state index contributed by atoms with van der Waals surface area (Å²) < 4.78 is 0. The predicted molar refractivity (Wildman–Crippen MR) is 103 cm³/mol. The number of hydrogen-bond donors (Lipinski definition) is 2. The molecule has 1 atom stereocenters. The lowest BCUT2D eigenvalue weighted by Gasteiger charge is -2.16. The fourth-order valence-corrected chi connectivity index (χ4v) is 3.55. The molecule has 2 aromatic heterocycles. The highest BCUT2D eigenvalue weighted by Gasteiger charge is 2.16. The highest BCUT2D eigenvalue weighted by atomic mass is 32.1. The van der Waals surface area contributed by atoms with Crippen molar-refractivity contribution in [3.63, 3.8) is 0 Å². The van der Waals surface area contributed by atoms with Gasteiger partial charge in [0.25, 0.3) is 0 Å². The van der Waals surface area contributed by atoms with E-state index in [1.54, 1.807) is 23.7 Å². The molecule has 0 fully saturated rings. The maximum Gasteiger partial charge on any atom is 0.305 e. The van der Waals surface area contributed by atoms with E-state index in [1.165, 1.54) is 11.1 Å². The van der Waals surface area contributed by atoms with E-state index in [0.717, 1.165) is 21.0 Å². The molecular formula is C20H21N3O2S. The molecule has 6 heteroatoms. The molecule has 2 N–H and O–H groups in total. The number of aliphatic carboxylic acids is 1. The van der Waals surface area contributed by atoms with Crippen LogP contribution in [0.4, 0.5) is 0 Å². The maximum absolute atomic E-state index is 11.2. The van der Waals surface area contributed by atoms with Gasteiger partial charge in [-0.15, -0.1) is 11.3 Å². The Labute approximate surface area is 156 Å². The molecular weight excluding hydrogens is 346 g/mol. The average Bonchev–Trinajstić information content (AvgIpc) is 3.10. The molecule has 0 aliphatic heterocycles. The molecule has 134 valence electrons. The van der Waals surface area contributed by atoms with Gasteiger partial charge in [0.2, 0.25) is 0 Å². The SMILES string of the molecule is Cc1ccc(-c2ncc(CN[C@@H](CC(=O)O)c3cccnc3)s2)cc1C. The second-order valence-electron chi connectivity index (χ2n) is 6.25. The van der Waals surface area contributed by atoms with Crippen LogP contribution in [-0.2, 0) is 11.3 Å². The summed E-state index contributed by atoms with van der Waals surface area (Å²) in [5.74, 6) is -0.841. The van der Waals surface area contributed by atoms with Gasteiger partial charge in [0.1, 0.15) is 5.01 Å². The number of hydrogen-bond acceptors (Lipinski definition) is 5. The Morgan fingerprint density at radius 1 is 1.23 bits per heavy atom. The van der Waals surface area contributed by atoms with Crippen LogP contribution in [0.25, 0.3) is 10.6 Å². The van der Waals surface area contributed by atoms with Crippen molar-refractivity contribution in [2.75, 3.05) is 0 Å². The van der Waals surface area contributed by atoms with Gasteiger partial charge < -0.3 is 10.4 Å². The van der Waals surface area contributed by atoms with E-state index in [2.05, 4.69) is 47.3 Å². The smallest absolute Gasteiger partial charge is 0.305 e. The van der Waals surface area contributed by atoms with E-state index >= 15 is 0 Å². The van der Waals surface area contributed by atoms with E-state index in [1.807, 2.05) is 18.3 Å². The van der Waals surface area contributed by atoms with Crippen molar-refractivity contribution in [1.29, 1.82) is 0 Å². The van der Waals surface area contributed by atoms with Gasteiger partial charge in [-0.05, 0) is 42.7 Å². The summed E-state index contributed by atoms with van der Waals surface area (Å²) >= 11 is 1.62. The quantitative estimate of drug-likeness (QED) is 0.657. The number of aromatic nitrogens is 2. The Bertz CT molecular complexity index is 893. The summed E-state index contributed by atoms with van der Waals surface area (Å²) in [5.41, 5.74) is 4.49. The van der Waals surface area contributed by atoms with Crippen LogP contribution < -0.4 is 5.32 Å². The first-order chi connectivity index (χ1) is 12.5. The molecule has 0 amide bonds. The fourth-order valence-electron chi connectivity index (χ4n) is 2.69. The lowest BCUT2D eigenvalue weighted by molar-refractivity contribution is -0.137. The zero-order valence-electron chi connectivity index (χ0n) is 14.8. The molecule has 0 radical (unpaired) electrons. The normalized spacial score (nSPS) is 12.1. The first-order valence-corrected chi connectivity index (χ1v) is 9.22. The highest BCUT2D eigenvalue weighted by Crippen LogP contribution is 2.27. The zero-order chi connectivity index (χ0) is 18.5. The number of carboxylic acids is 1. The lowest BCUT2D eigenvalue weighted by Crippen LogP contribution is -2.23. The van der Waals surface area contributed by atoms with Gasteiger partial charge in [-0.25, -0.2) is 4.98 Å². The van der Waals surface area contributed by atoms with E-state index in [4.69, 9.17) is 0 Å². The van der Waals surface area contributed by atoms with Gasteiger partial charge in [-0.1, -0.05) is 18.2 Å². The topological polar surface area (TPSA) is 75.1 Å². The van der Waals surface area contributed by atoms with Crippen molar-refractivity contribution in [1.82, 2.24) is 15.3 Å². The number of pyridine rings is 1. The van der Waals surface area contributed by atoms with Crippen LogP contribution in [0.5, 0.6) is 0 Å². The van der Waals surface area contributed by atoms with Gasteiger partial charge in [0.15, 0.2) is 0 Å². The number of nitrogens with one attached hydrogen (secondary N) is 1. The minimum absolute atomic E-state index is 0.00844. The predicted octanol–water partition coefficient (Wildman–Crippen LogP) is 4.13. The fraction of sp³-hybridized carbons (Fsp3) is 0.250. The number of carbonyl (C=O) groups is 1.